The molecule has 0 unspecified atom stereocenters. The molecular formula is C17H20N4O2S. The molecule has 3 rings (SSSR count). The standard InChI is InChI=1S/C17H20N4O2S/c1-21-14-8-4-3-7-13(14)20-16(21)10-6-12-19-17-15(24(2,22)23)9-5-11-18-17/h3-5,7-9,11H,6,10,12H2,1-2H3,(H,18,19). The number of anilines is 1. The zero-order chi connectivity index (χ0) is 17.2. The average Bonchev–Trinajstić information content (AvgIpc) is 2.88. The van der Waals surface area contributed by atoms with Crippen molar-refractivity contribution in [1.82, 2.24) is 14.5 Å². The first kappa shape index (κ1) is 16.4. The molecule has 0 atom stereocenters. The number of sulfone groups is 1. The fraction of sp³-hybridized carbons (Fsp3) is 0.294. The van der Waals surface area contributed by atoms with Gasteiger partial charge in [0.15, 0.2) is 9.84 Å². The van der Waals surface area contributed by atoms with E-state index in [4.69, 9.17) is 0 Å². The number of para-hydroxylation sites is 2. The lowest BCUT2D eigenvalue weighted by molar-refractivity contribution is 0.601. The number of hydrogen-bond donors (Lipinski definition) is 1. The molecule has 0 fully saturated rings. The van der Waals surface area contributed by atoms with Crippen LogP contribution in [0.1, 0.15) is 12.2 Å². The summed E-state index contributed by atoms with van der Waals surface area (Å²) in [5.41, 5.74) is 2.11. The quantitative estimate of drug-likeness (QED) is 0.695. The van der Waals surface area contributed by atoms with Crippen LogP contribution in [0.2, 0.25) is 0 Å². The summed E-state index contributed by atoms with van der Waals surface area (Å²) in [5, 5.41) is 3.12. The summed E-state index contributed by atoms with van der Waals surface area (Å²) in [4.78, 5) is 9.00. The maximum atomic E-state index is 11.8. The highest BCUT2D eigenvalue weighted by molar-refractivity contribution is 7.90. The molecule has 0 amide bonds. The number of benzene rings is 1. The zero-order valence-corrected chi connectivity index (χ0v) is 14.5. The van der Waals surface area contributed by atoms with E-state index in [1.165, 1.54) is 6.26 Å². The van der Waals surface area contributed by atoms with Crippen molar-refractivity contribution in [1.29, 1.82) is 0 Å². The van der Waals surface area contributed by atoms with Gasteiger partial charge in [0.25, 0.3) is 0 Å². The van der Waals surface area contributed by atoms with Gasteiger partial charge < -0.3 is 9.88 Å². The Balaban J connectivity index is 1.64. The molecule has 0 bridgehead atoms. The number of nitrogens with zero attached hydrogens (tertiary/aromatic N) is 3. The van der Waals surface area contributed by atoms with Crippen LogP contribution >= 0.6 is 0 Å². The summed E-state index contributed by atoms with van der Waals surface area (Å²) in [6.45, 7) is 0.628. The van der Waals surface area contributed by atoms with Gasteiger partial charge in [-0.25, -0.2) is 18.4 Å². The summed E-state index contributed by atoms with van der Waals surface area (Å²) in [6, 6.07) is 11.2. The molecule has 1 N–H and O–H groups in total. The second kappa shape index (κ2) is 6.60. The Morgan fingerprint density at radius 2 is 1.96 bits per heavy atom. The van der Waals surface area contributed by atoms with Crippen molar-refractivity contribution in [3.05, 3.63) is 48.4 Å². The highest BCUT2D eigenvalue weighted by Crippen LogP contribution is 2.18. The molecule has 0 saturated carbocycles. The second-order valence-electron chi connectivity index (χ2n) is 5.73. The number of fused-ring (bicyclic) bond motifs is 1. The molecule has 1 aromatic carbocycles. The second-order valence-corrected chi connectivity index (χ2v) is 7.71. The third-order valence-corrected chi connectivity index (χ3v) is 5.05. The van der Waals surface area contributed by atoms with Gasteiger partial charge in [0, 0.05) is 32.5 Å². The molecule has 0 aliphatic heterocycles. The topological polar surface area (TPSA) is 76.9 Å². The highest BCUT2D eigenvalue weighted by Gasteiger charge is 2.13. The Morgan fingerprint density at radius 3 is 2.71 bits per heavy atom. The molecule has 2 heterocycles. The van der Waals surface area contributed by atoms with E-state index >= 15 is 0 Å². The molecule has 0 aliphatic carbocycles. The largest absolute Gasteiger partial charge is 0.369 e. The van der Waals surface area contributed by atoms with Crippen molar-refractivity contribution in [2.75, 3.05) is 18.1 Å². The van der Waals surface area contributed by atoms with E-state index < -0.39 is 9.84 Å². The van der Waals surface area contributed by atoms with Crippen LogP contribution in [-0.4, -0.2) is 35.8 Å². The summed E-state index contributed by atoms with van der Waals surface area (Å²) in [5.74, 6) is 1.42. The number of aryl methyl sites for hydroxylation is 2. The minimum absolute atomic E-state index is 0.229. The van der Waals surface area contributed by atoms with Gasteiger partial charge in [-0.15, -0.1) is 0 Å². The predicted molar refractivity (Wildman–Crippen MR) is 94.9 cm³/mol. The number of aromatic nitrogens is 3. The molecule has 3 aromatic rings. The van der Waals surface area contributed by atoms with Gasteiger partial charge in [-0.3, -0.25) is 0 Å². The van der Waals surface area contributed by atoms with Gasteiger partial charge >= 0.3 is 0 Å². The smallest absolute Gasteiger partial charge is 0.179 e. The van der Waals surface area contributed by atoms with Gasteiger partial charge in [0.1, 0.15) is 16.5 Å². The van der Waals surface area contributed by atoms with Crippen molar-refractivity contribution in [3.8, 4) is 0 Å². The highest BCUT2D eigenvalue weighted by atomic mass is 32.2. The lowest BCUT2D eigenvalue weighted by Crippen LogP contribution is -2.10. The molecule has 0 spiro atoms. The van der Waals surface area contributed by atoms with Crippen LogP contribution < -0.4 is 5.32 Å². The lowest BCUT2D eigenvalue weighted by atomic mass is 10.3. The van der Waals surface area contributed by atoms with E-state index in [-0.39, 0.29) is 4.90 Å². The average molecular weight is 344 g/mol. The third-order valence-electron chi connectivity index (χ3n) is 3.92. The normalized spacial score (nSPS) is 11.8. The molecule has 24 heavy (non-hydrogen) atoms. The van der Waals surface area contributed by atoms with Gasteiger partial charge in [0.05, 0.1) is 11.0 Å². The zero-order valence-electron chi connectivity index (χ0n) is 13.7. The van der Waals surface area contributed by atoms with Crippen molar-refractivity contribution in [2.45, 2.75) is 17.7 Å². The van der Waals surface area contributed by atoms with Crippen LogP contribution in [0.5, 0.6) is 0 Å². The van der Waals surface area contributed by atoms with Crippen molar-refractivity contribution in [3.63, 3.8) is 0 Å². The SMILES string of the molecule is Cn1c(CCCNc2ncccc2S(C)(=O)=O)nc2ccccc21. The van der Waals surface area contributed by atoms with E-state index in [1.54, 1.807) is 18.3 Å². The Kier molecular flexibility index (Phi) is 4.53. The predicted octanol–water partition coefficient (Wildman–Crippen LogP) is 2.42. The summed E-state index contributed by atoms with van der Waals surface area (Å²) >= 11 is 0. The van der Waals surface area contributed by atoms with Crippen LogP contribution in [0.3, 0.4) is 0 Å². The first-order valence-electron chi connectivity index (χ1n) is 7.76. The first-order valence-corrected chi connectivity index (χ1v) is 9.65. The Labute approximate surface area is 141 Å². The van der Waals surface area contributed by atoms with Crippen LogP contribution in [0, 0.1) is 0 Å². The van der Waals surface area contributed by atoms with Crippen molar-refractivity contribution >= 4 is 26.7 Å². The first-order chi connectivity index (χ1) is 11.5. The maximum Gasteiger partial charge on any atom is 0.179 e. The minimum Gasteiger partial charge on any atom is -0.369 e. The molecule has 6 nitrogen and oxygen atoms in total. The molecule has 2 aromatic heterocycles. The number of pyridine rings is 1. The molecule has 126 valence electrons. The maximum absolute atomic E-state index is 11.8. The Morgan fingerprint density at radius 1 is 1.17 bits per heavy atom. The number of rotatable bonds is 6. The van der Waals surface area contributed by atoms with Crippen LogP contribution in [0.25, 0.3) is 11.0 Å². The monoisotopic (exact) mass is 344 g/mol. The van der Waals surface area contributed by atoms with Gasteiger partial charge in [-0.2, -0.15) is 0 Å². The fourth-order valence-corrected chi connectivity index (χ4v) is 3.50. The molecule has 0 saturated heterocycles. The number of hydrogen-bond acceptors (Lipinski definition) is 5. The molecule has 0 aliphatic rings. The summed E-state index contributed by atoms with van der Waals surface area (Å²) < 4.78 is 25.6. The molecule has 0 radical (unpaired) electrons. The van der Waals surface area contributed by atoms with E-state index in [0.29, 0.717) is 12.4 Å². The molecular weight excluding hydrogens is 324 g/mol. The number of imidazole rings is 1. The van der Waals surface area contributed by atoms with Crippen LogP contribution in [0.15, 0.2) is 47.5 Å². The minimum atomic E-state index is -3.29. The van der Waals surface area contributed by atoms with E-state index in [0.717, 1.165) is 29.7 Å². The summed E-state index contributed by atoms with van der Waals surface area (Å²) in [7, 11) is -1.28. The van der Waals surface area contributed by atoms with Crippen LogP contribution in [0.4, 0.5) is 5.82 Å². The van der Waals surface area contributed by atoms with Crippen molar-refractivity contribution in [2.24, 2.45) is 7.05 Å². The van der Waals surface area contributed by atoms with Gasteiger partial charge in [-0.1, -0.05) is 12.1 Å². The van der Waals surface area contributed by atoms with E-state index in [9.17, 15) is 8.42 Å². The molecule has 7 heteroatoms. The lowest BCUT2D eigenvalue weighted by Gasteiger charge is -2.09. The van der Waals surface area contributed by atoms with E-state index in [1.807, 2.05) is 25.2 Å². The Bertz CT molecular complexity index is 964. The van der Waals surface area contributed by atoms with Crippen LogP contribution in [-0.2, 0) is 23.3 Å². The fourth-order valence-electron chi connectivity index (χ4n) is 2.69. The van der Waals surface area contributed by atoms with Crippen molar-refractivity contribution < 1.29 is 8.42 Å². The third kappa shape index (κ3) is 3.41. The number of nitrogens with one attached hydrogen (secondary N) is 1. The Hall–Kier alpha value is -2.41. The summed E-state index contributed by atoms with van der Waals surface area (Å²) in [6.07, 6.45) is 4.41. The van der Waals surface area contributed by atoms with E-state index in [2.05, 4.69) is 25.9 Å². The van der Waals surface area contributed by atoms with Gasteiger partial charge in [-0.05, 0) is 30.7 Å². The van der Waals surface area contributed by atoms with Gasteiger partial charge in [0.2, 0.25) is 0 Å².